The third-order valence-corrected chi connectivity index (χ3v) is 4.29. The Balaban J connectivity index is 2.37. The Morgan fingerprint density at radius 3 is 2.67 bits per heavy atom. The van der Waals surface area contributed by atoms with E-state index in [1.807, 2.05) is 17.6 Å². The van der Waals surface area contributed by atoms with Gasteiger partial charge >= 0.3 is 0 Å². The minimum atomic E-state index is 0.766. The van der Waals surface area contributed by atoms with Gasteiger partial charge in [-0.1, -0.05) is 35.9 Å². The van der Waals surface area contributed by atoms with E-state index in [2.05, 4.69) is 35.3 Å². The van der Waals surface area contributed by atoms with Crippen LogP contribution in [0.2, 0.25) is 5.02 Å². The van der Waals surface area contributed by atoms with Gasteiger partial charge in [-0.25, -0.2) is 4.98 Å². The number of thiazole rings is 1. The zero-order valence-electron chi connectivity index (χ0n) is 9.35. The molecule has 3 heteroatoms. The summed E-state index contributed by atoms with van der Waals surface area (Å²) in [6.07, 6.45) is 0. The molecule has 4 aromatic rings. The monoisotopic (exact) mass is 269 g/mol. The lowest BCUT2D eigenvalue weighted by molar-refractivity contribution is 1.52. The van der Waals surface area contributed by atoms with Crippen LogP contribution in [0.15, 0.2) is 48.0 Å². The number of fused-ring (bicyclic) bond motifs is 5. The Morgan fingerprint density at radius 2 is 1.72 bits per heavy atom. The molecule has 86 valence electrons. The van der Waals surface area contributed by atoms with Crippen molar-refractivity contribution in [2.24, 2.45) is 0 Å². The molecule has 0 saturated heterocycles. The van der Waals surface area contributed by atoms with Gasteiger partial charge in [0.15, 0.2) is 0 Å². The number of nitrogens with zero attached hydrogens (tertiary/aromatic N) is 1. The molecular weight excluding hydrogens is 262 g/mol. The average Bonchev–Trinajstić information content (AvgIpc) is 2.86. The number of benzene rings is 3. The van der Waals surface area contributed by atoms with Crippen molar-refractivity contribution in [1.29, 1.82) is 0 Å². The lowest BCUT2D eigenvalue weighted by Crippen LogP contribution is -1.80. The highest BCUT2D eigenvalue weighted by atomic mass is 35.5. The fourth-order valence-corrected chi connectivity index (χ4v) is 3.30. The third kappa shape index (κ3) is 1.36. The molecule has 18 heavy (non-hydrogen) atoms. The quantitative estimate of drug-likeness (QED) is 0.397. The maximum atomic E-state index is 6.13. The first kappa shape index (κ1) is 10.3. The summed E-state index contributed by atoms with van der Waals surface area (Å²) in [6.45, 7) is 0. The van der Waals surface area contributed by atoms with Gasteiger partial charge in [0.2, 0.25) is 0 Å². The van der Waals surface area contributed by atoms with E-state index < -0.39 is 0 Å². The molecule has 0 atom stereocenters. The Labute approximate surface area is 113 Å². The van der Waals surface area contributed by atoms with Crippen molar-refractivity contribution in [1.82, 2.24) is 4.98 Å². The number of hydrogen-bond acceptors (Lipinski definition) is 2. The third-order valence-electron chi connectivity index (χ3n) is 3.26. The van der Waals surface area contributed by atoms with Crippen molar-refractivity contribution in [2.45, 2.75) is 0 Å². The Hall–Kier alpha value is -1.64. The number of halogens is 1. The second-order valence-corrected chi connectivity index (χ2v) is 5.62. The number of hydrogen-bond donors (Lipinski definition) is 0. The van der Waals surface area contributed by atoms with Gasteiger partial charge in [0, 0.05) is 10.4 Å². The molecule has 1 aromatic heterocycles. The van der Waals surface area contributed by atoms with Gasteiger partial charge in [0.05, 0.1) is 15.7 Å². The van der Waals surface area contributed by atoms with Gasteiger partial charge in [-0.2, -0.15) is 0 Å². The molecular formula is C15H8ClNS. The zero-order valence-corrected chi connectivity index (χ0v) is 10.9. The van der Waals surface area contributed by atoms with Crippen LogP contribution in [0, 0.1) is 0 Å². The summed E-state index contributed by atoms with van der Waals surface area (Å²) in [7, 11) is 0. The SMILES string of the molecule is Clc1ccc2ccc3ccc4scnc4c3c2c1. The highest BCUT2D eigenvalue weighted by Crippen LogP contribution is 2.33. The second-order valence-electron chi connectivity index (χ2n) is 4.29. The summed E-state index contributed by atoms with van der Waals surface area (Å²) in [4.78, 5) is 4.50. The fraction of sp³-hybridized carbons (Fsp3) is 0. The molecule has 0 fully saturated rings. The molecule has 0 saturated carbocycles. The van der Waals surface area contributed by atoms with E-state index in [0.29, 0.717) is 0 Å². The minimum absolute atomic E-state index is 0.766. The summed E-state index contributed by atoms with van der Waals surface area (Å²) in [6, 6.07) is 14.6. The van der Waals surface area contributed by atoms with Crippen LogP contribution in [-0.2, 0) is 0 Å². The molecule has 0 unspecified atom stereocenters. The van der Waals surface area contributed by atoms with Crippen LogP contribution < -0.4 is 0 Å². The first-order valence-corrected chi connectivity index (χ1v) is 6.93. The predicted octanol–water partition coefficient (Wildman–Crippen LogP) is 5.26. The van der Waals surface area contributed by atoms with Gasteiger partial charge in [0.25, 0.3) is 0 Å². The topological polar surface area (TPSA) is 12.9 Å². The maximum absolute atomic E-state index is 6.13. The van der Waals surface area contributed by atoms with Gasteiger partial charge in [0.1, 0.15) is 0 Å². The molecule has 0 spiro atoms. The van der Waals surface area contributed by atoms with Crippen LogP contribution in [0.4, 0.5) is 0 Å². The molecule has 0 N–H and O–H groups in total. The number of rotatable bonds is 0. The Kier molecular flexibility index (Phi) is 2.10. The molecule has 0 bridgehead atoms. The lowest BCUT2D eigenvalue weighted by Gasteiger charge is -2.05. The summed E-state index contributed by atoms with van der Waals surface area (Å²) < 4.78 is 1.22. The van der Waals surface area contributed by atoms with Crippen LogP contribution in [0.3, 0.4) is 0 Å². The average molecular weight is 270 g/mol. The molecule has 0 radical (unpaired) electrons. The van der Waals surface area contributed by atoms with E-state index >= 15 is 0 Å². The van der Waals surface area contributed by atoms with Crippen molar-refractivity contribution in [3.63, 3.8) is 0 Å². The highest BCUT2D eigenvalue weighted by molar-refractivity contribution is 7.16. The van der Waals surface area contributed by atoms with Crippen molar-refractivity contribution >= 4 is 54.7 Å². The molecule has 3 aromatic carbocycles. The van der Waals surface area contributed by atoms with E-state index in [4.69, 9.17) is 11.6 Å². The molecule has 0 aliphatic heterocycles. The van der Waals surface area contributed by atoms with E-state index in [1.165, 1.54) is 26.2 Å². The number of aromatic nitrogens is 1. The van der Waals surface area contributed by atoms with Crippen molar-refractivity contribution in [3.8, 4) is 0 Å². The molecule has 0 amide bonds. The van der Waals surface area contributed by atoms with Crippen molar-refractivity contribution < 1.29 is 0 Å². The highest BCUT2D eigenvalue weighted by Gasteiger charge is 2.07. The smallest absolute Gasteiger partial charge is 0.0896 e. The molecule has 1 nitrogen and oxygen atoms in total. The van der Waals surface area contributed by atoms with Gasteiger partial charge in [-0.3, -0.25) is 0 Å². The molecule has 4 rings (SSSR count). The normalized spacial score (nSPS) is 11.6. The Bertz CT molecular complexity index is 895. The van der Waals surface area contributed by atoms with Crippen LogP contribution in [0.5, 0.6) is 0 Å². The van der Waals surface area contributed by atoms with Crippen LogP contribution in [0.25, 0.3) is 31.8 Å². The van der Waals surface area contributed by atoms with Crippen LogP contribution >= 0.6 is 22.9 Å². The lowest BCUT2D eigenvalue weighted by atomic mass is 10.0. The van der Waals surface area contributed by atoms with Gasteiger partial charge in [-0.05, 0) is 34.4 Å². The minimum Gasteiger partial charge on any atom is -0.244 e. The van der Waals surface area contributed by atoms with E-state index in [9.17, 15) is 0 Å². The summed E-state index contributed by atoms with van der Waals surface area (Å²) in [5, 5.41) is 5.56. The largest absolute Gasteiger partial charge is 0.244 e. The maximum Gasteiger partial charge on any atom is 0.0896 e. The van der Waals surface area contributed by atoms with Gasteiger partial charge in [-0.15, -0.1) is 11.3 Å². The van der Waals surface area contributed by atoms with Crippen molar-refractivity contribution in [2.75, 3.05) is 0 Å². The molecule has 0 aliphatic carbocycles. The van der Waals surface area contributed by atoms with Gasteiger partial charge < -0.3 is 0 Å². The second kappa shape index (κ2) is 3.67. The van der Waals surface area contributed by atoms with Crippen LogP contribution in [0.1, 0.15) is 0 Å². The Morgan fingerprint density at radius 1 is 0.944 bits per heavy atom. The van der Waals surface area contributed by atoms with E-state index in [0.717, 1.165) is 10.5 Å². The van der Waals surface area contributed by atoms with E-state index in [1.54, 1.807) is 11.3 Å². The van der Waals surface area contributed by atoms with Crippen molar-refractivity contribution in [3.05, 3.63) is 53.0 Å². The summed E-state index contributed by atoms with van der Waals surface area (Å²) in [5.74, 6) is 0. The molecule has 0 aliphatic rings. The van der Waals surface area contributed by atoms with Crippen LogP contribution in [-0.4, -0.2) is 4.98 Å². The summed E-state index contributed by atoms with van der Waals surface area (Å²) >= 11 is 7.80. The first-order valence-electron chi connectivity index (χ1n) is 5.67. The first-order chi connectivity index (χ1) is 8.83. The summed E-state index contributed by atoms with van der Waals surface area (Å²) in [5.41, 5.74) is 2.97. The predicted molar refractivity (Wildman–Crippen MR) is 79.6 cm³/mol. The standard InChI is InChI=1S/C15H8ClNS/c16-11-5-3-9-1-2-10-4-6-13-15(17-8-18-13)14(10)12(9)7-11/h1-8H. The molecule has 1 heterocycles. The zero-order chi connectivity index (χ0) is 12.1. The fourth-order valence-electron chi connectivity index (χ4n) is 2.44. The van der Waals surface area contributed by atoms with E-state index in [-0.39, 0.29) is 0 Å².